The van der Waals surface area contributed by atoms with Crippen molar-refractivity contribution in [2.75, 3.05) is 15.7 Å². The molecular formula is C21H24N2O3S. The molecule has 4 rings (SSSR count). The minimum atomic E-state index is -3.66. The van der Waals surface area contributed by atoms with Gasteiger partial charge in [0.05, 0.1) is 10.6 Å². The summed E-state index contributed by atoms with van der Waals surface area (Å²) in [7, 11) is -3.66. The van der Waals surface area contributed by atoms with E-state index in [1.54, 1.807) is 30.3 Å². The van der Waals surface area contributed by atoms with Gasteiger partial charge in [0.1, 0.15) is 0 Å². The molecular weight excluding hydrogens is 360 g/mol. The second kappa shape index (κ2) is 6.68. The number of hydrogen-bond donors (Lipinski definition) is 0. The number of nitrogens with zero attached hydrogens (tertiary/aromatic N) is 2. The van der Waals surface area contributed by atoms with Crippen molar-refractivity contribution in [2.45, 2.75) is 44.0 Å². The van der Waals surface area contributed by atoms with E-state index in [0.29, 0.717) is 18.7 Å². The Morgan fingerprint density at radius 2 is 1.85 bits per heavy atom. The minimum absolute atomic E-state index is 0.0717. The van der Waals surface area contributed by atoms with Crippen LogP contribution in [0.15, 0.2) is 53.4 Å². The number of amides is 1. The van der Waals surface area contributed by atoms with Gasteiger partial charge in [-0.05, 0) is 69.0 Å². The third kappa shape index (κ3) is 3.12. The van der Waals surface area contributed by atoms with Crippen LogP contribution in [0.3, 0.4) is 0 Å². The van der Waals surface area contributed by atoms with Crippen LogP contribution in [0.5, 0.6) is 0 Å². The molecule has 142 valence electrons. The average molecular weight is 385 g/mol. The fourth-order valence-corrected chi connectivity index (χ4v) is 5.37. The monoisotopic (exact) mass is 384 g/mol. The number of para-hydroxylation sites is 1. The number of benzene rings is 2. The van der Waals surface area contributed by atoms with Gasteiger partial charge in [-0.25, -0.2) is 8.42 Å². The number of carbonyl (C=O) groups excluding carboxylic acids is 1. The van der Waals surface area contributed by atoms with Crippen LogP contribution in [0.1, 0.15) is 32.3 Å². The molecule has 2 aliphatic rings. The minimum Gasteiger partial charge on any atom is -0.309 e. The molecule has 1 aliphatic heterocycles. The van der Waals surface area contributed by atoms with Crippen molar-refractivity contribution in [1.29, 1.82) is 0 Å². The van der Waals surface area contributed by atoms with Gasteiger partial charge in [-0.15, -0.1) is 0 Å². The quantitative estimate of drug-likeness (QED) is 0.792. The maximum atomic E-state index is 13.2. The second-order valence-electron chi connectivity index (χ2n) is 7.33. The summed E-state index contributed by atoms with van der Waals surface area (Å²) in [5, 5.41) is 0. The van der Waals surface area contributed by atoms with E-state index in [-0.39, 0.29) is 22.8 Å². The Labute approximate surface area is 160 Å². The van der Waals surface area contributed by atoms with E-state index < -0.39 is 10.0 Å². The van der Waals surface area contributed by atoms with Crippen LogP contribution in [-0.4, -0.2) is 26.9 Å². The van der Waals surface area contributed by atoms with Gasteiger partial charge in [0, 0.05) is 24.2 Å². The van der Waals surface area contributed by atoms with Crippen LogP contribution < -0.4 is 9.21 Å². The summed E-state index contributed by atoms with van der Waals surface area (Å²) in [6, 6.07) is 14.4. The largest absolute Gasteiger partial charge is 0.309 e. The molecule has 0 radical (unpaired) electrons. The fourth-order valence-electron chi connectivity index (χ4n) is 3.84. The molecule has 1 saturated carbocycles. The Kier molecular flexibility index (Phi) is 4.46. The van der Waals surface area contributed by atoms with Crippen LogP contribution >= 0.6 is 0 Å². The van der Waals surface area contributed by atoms with Crippen molar-refractivity contribution >= 4 is 27.3 Å². The van der Waals surface area contributed by atoms with Crippen LogP contribution in [0, 0.1) is 5.92 Å². The van der Waals surface area contributed by atoms with Crippen LogP contribution in [0.4, 0.5) is 11.4 Å². The van der Waals surface area contributed by atoms with Crippen molar-refractivity contribution in [2.24, 2.45) is 5.92 Å². The molecule has 1 atom stereocenters. The number of carbonyl (C=O) groups is 1. The van der Waals surface area contributed by atoms with Crippen LogP contribution in [0.25, 0.3) is 0 Å². The van der Waals surface area contributed by atoms with Crippen LogP contribution in [-0.2, 0) is 21.2 Å². The Morgan fingerprint density at radius 1 is 1.15 bits per heavy atom. The second-order valence-corrected chi connectivity index (χ2v) is 9.19. The van der Waals surface area contributed by atoms with Crippen molar-refractivity contribution in [3.05, 3.63) is 54.1 Å². The molecule has 2 aromatic rings. The molecule has 0 N–H and O–H groups in total. The zero-order valence-corrected chi connectivity index (χ0v) is 16.4. The molecule has 5 nitrogen and oxygen atoms in total. The summed E-state index contributed by atoms with van der Waals surface area (Å²) in [5.41, 5.74) is 2.45. The molecule has 0 spiro atoms. The first-order valence-electron chi connectivity index (χ1n) is 9.47. The van der Waals surface area contributed by atoms with Crippen molar-refractivity contribution < 1.29 is 13.2 Å². The van der Waals surface area contributed by atoms with E-state index >= 15 is 0 Å². The van der Waals surface area contributed by atoms with E-state index in [9.17, 15) is 13.2 Å². The maximum Gasteiger partial charge on any atom is 0.264 e. The predicted molar refractivity (Wildman–Crippen MR) is 106 cm³/mol. The summed E-state index contributed by atoms with van der Waals surface area (Å²) in [6.45, 7) is 4.21. The first-order valence-corrected chi connectivity index (χ1v) is 10.9. The molecule has 1 fully saturated rings. The summed E-state index contributed by atoms with van der Waals surface area (Å²) in [4.78, 5) is 14.7. The zero-order valence-electron chi connectivity index (χ0n) is 15.6. The van der Waals surface area contributed by atoms with Gasteiger partial charge in [0.25, 0.3) is 10.0 Å². The zero-order chi connectivity index (χ0) is 19.2. The van der Waals surface area contributed by atoms with E-state index in [4.69, 9.17) is 0 Å². The first kappa shape index (κ1) is 18.0. The molecule has 0 bridgehead atoms. The summed E-state index contributed by atoms with van der Waals surface area (Å²) >= 11 is 0. The highest BCUT2D eigenvalue weighted by molar-refractivity contribution is 7.92. The molecule has 27 heavy (non-hydrogen) atoms. The molecule has 1 aliphatic carbocycles. The van der Waals surface area contributed by atoms with Gasteiger partial charge in [0.15, 0.2) is 0 Å². The number of fused-ring (bicyclic) bond motifs is 1. The normalized spacial score (nSPS) is 19.0. The van der Waals surface area contributed by atoms with E-state index in [1.807, 2.05) is 36.9 Å². The Morgan fingerprint density at radius 3 is 2.48 bits per heavy atom. The summed E-state index contributed by atoms with van der Waals surface area (Å²) < 4.78 is 27.9. The molecule has 2 aromatic carbocycles. The van der Waals surface area contributed by atoms with E-state index in [2.05, 4.69) is 0 Å². The number of anilines is 2. The molecule has 0 saturated heterocycles. The van der Waals surface area contributed by atoms with Gasteiger partial charge in [-0.1, -0.05) is 18.2 Å². The smallest absolute Gasteiger partial charge is 0.264 e. The molecule has 0 aromatic heterocycles. The third-order valence-electron chi connectivity index (χ3n) is 5.35. The topological polar surface area (TPSA) is 57.7 Å². The van der Waals surface area contributed by atoms with E-state index in [1.165, 1.54) is 4.31 Å². The number of sulfonamides is 1. The third-order valence-corrected chi connectivity index (χ3v) is 7.25. The van der Waals surface area contributed by atoms with Crippen LogP contribution in [0.2, 0.25) is 0 Å². The van der Waals surface area contributed by atoms with Crippen molar-refractivity contribution in [3.63, 3.8) is 0 Å². The van der Waals surface area contributed by atoms with E-state index in [0.717, 1.165) is 24.1 Å². The number of hydrogen-bond acceptors (Lipinski definition) is 3. The summed E-state index contributed by atoms with van der Waals surface area (Å²) in [5.74, 6) is 0.326. The SMILES string of the molecule is CCN(c1ccccc1)S(=O)(=O)c1ccc2c(c1)C[C@@H](C)N2C(=O)C1CC1. The van der Waals surface area contributed by atoms with Gasteiger partial charge in [0.2, 0.25) is 5.91 Å². The maximum absolute atomic E-state index is 13.2. The fraction of sp³-hybridized carbons (Fsp3) is 0.381. The molecule has 0 unspecified atom stereocenters. The lowest BCUT2D eigenvalue weighted by atomic mass is 10.1. The highest BCUT2D eigenvalue weighted by Gasteiger charge is 2.40. The summed E-state index contributed by atoms with van der Waals surface area (Å²) in [6.07, 6.45) is 2.62. The standard InChI is InChI=1S/C21H24N2O3S/c1-3-22(18-7-5-4-6-8-18)27(25,26)19-11-12-20-17(14-19)13-15(2)23(20)21(24)16-9-10-16/h4-8,11-12,14-16H,3,9-10,13H2,1-2H3/t15-/m1/s1. The van der Waals surface area contributed by atoms with Gasteiger partial charge < -0.3 is 4.90 Å². The van der Waals surface area contributed by atoms with Crippen molar-refractivity contribution in [1.82, 2.24) is 0 Å². The van der Waals surface area contributed by atoms with Gasteiger partial charge >= 0.3 is 0 Å². The average Bonchev–Trinajstić information content (AvgIpc) is 3.44. The first-order chi connectivity index (χ1) is 12.9. The highest BCUT2D eigenvalue weighted by Crippen LogP contribution is 2.40. The Hall–Kier alpha value is -2.34. The predicted octanol–water partition coefficient (Wildman–Crippen LogP) is 3.59. The Bertz CT molecular complexity index is 968. The van der Waals surface area contributed by atoms with Gasteiger partial charge in [-0.3, -0.25) is 9.10 Å². The molecule has 6 heteroatoms. The highest BCUT2D eigenvalue weighted by atomic mass is 32.2. The molecule has 1 amide bonds. The number of rotatable bonds is 5. The lowest BCUT2D eigenvalue weighted by Crippen LogP contribution is -2.36. The molecule has 1 heterocycles. The van der Waals surface area contributed by atoms with Crippen molar-refractivity contribution in [3.8, 4) is 0 Å². The van der Waals surface area contributed by atoms with Gasteiger partial charge in [-0.2, -0.15) is 0 Å². The Balaban J connectivity index is 1.69. The lowest BCUT2D eigenvalue weighted by Gasteiger charge is -2.24. The lowest BCUT2D eigenvalue weighted by molar-refractivity contribution is -0.120.